The molecule has 0 saturated carbocycles. The zero-order chi connectivity index (χ0) is 11.9. The number of hydrogen-bond donors (Lipinski definition) is 0. The third-order valence-electron chi connectivity index (χ3n) is 3.11. The van der Waals surface area contributed by atoms with Crippen LogP contribution in [0.25, 0.3) is 10.9 Å². The number of aromatic nitrogens is 1. The van der Waals surface area contributed by atoms with Gasteiger partial charge in [0.1, 0.15) is 0 Å². The molecule has 2 rings (SSSR count). The Morgan fingerprint density at radius 2 is 1.75 bits per heavy atom. The molecule has 0 unspecified atom stereocenters. The van der Waals surface area contributed by atoms with Gasteiger partial charge in [-0.3, -0.25) is 0 Å². The minimum absolute atomic E-state index is 0.606. The Kier molecular flexibility index (Phi) is 2.70. The van der Waals surface area contributed by atoms with Gasteiger partial charge in [0.2, 0.25) is 0 Å². The van der Waals surface area contributed by atoms with Gasteiger partial charge in [0.05, 0.1) is 0 Å². The average Bonchev–Trinajstić information content (AvgIpc) is 2.58. The fourth-order valence-electron chi connectivity index (χ4n) is 2.09. The largest absolute Gasteiger partial charge is 0.375 e. The maximum absolute atomic E-state index is 2.49. The highest BCUT2D eigenvalue weighted by molar-refractivity contribution is 6.75. The van der Waals surface area contributed by atoms with Crippen molar-refractivity contribution in [3.05, 3.63) is 36.0 Å². The maximum Gasteiger partial charge on any atom is 0.152 e. The smallest absolute Gasteiger partial charge is 0.152 e. The first-order chi connectivity index (χ1) is 7.39. The van der Waals surface area contributed by atoms with Gasteiger partial charge in [-0.25, -0.2) is 0 Å². The number of nitrogens with zero attached hydrogens (tertiary/aromatic N) is 1. The molecular formula is C14H21NSi. The van der Waals surface area contributed by atoms with Crippen LogP contribution in [0.15, 0.2) is 30.5 Å². The van der Waals surface area contributed by atoms with Gasteiger partial charge < -0.3 is 4.23 Å². The highest BCUT2D eigenvalue weighted by Crippen LogP contribution is 2.24. The molecule has 2 aromatic rings. The Labute approximate surface area is 99.2 Å². The molecule has 0 fully saturated rings. The van der Waals surface area contributed by atoms with Gasteiger partial charge in [-0.05, 0) is 35.2 Å². The lowest BCUT2D eigenvalue weighted by atomic mass is 10.0. The molecular weight excluding hydrogens is 210 g/mol. The molecule has 0 atom stereocenters. The third-order valence-corrected chi connectivity index (χ3v) is 4.94. The molecule has 1 aromatic heterocycles. The summed E-state index contributed by atoms with van der Waals surface area (Å²) in [5.41, 5.74) is 2.84. The number of rotatable bonds is 2. The first-order valence-corrected chi connectivity index (χ1v) is 9.46. The minimum atomic E-state index is -1.29. The minimum Gasteiger partial charge on any atom is -0.375 e. The lowest BCUT2D eigenvalue weighted by Crippen LogP contribution is -2.30. The molecule has 1 aromatic carbocycles. The summed E-state index contributed by atoms with van der Waals surface area (Å²) in [5, 5.41) is 1.37. The Hall–Kier alpha value is -1.02. The first-order valence-electron chi connectivity index (χ1n) is 6.01. The molecule has 0 amide bonds. The summed E-state index contributed by atoms with van der Waals surface area (Å²) >= 11 is 0. The Balaban J connectivity index is 2.65. The van der Waals surface area contributed by atoms with E-state index >= 15 is 0 Å². The molecule has 86 valence electrons. The summed E-state index contributed by atoms with van der Waals surface area (Å²) < 4.78 is 2.49. The highest BCUT2D eigenvalue weighted by atomic mass is 28.3. The Bertz CT molecular complexity index is 503. The van der Waals surface area contributed by atoms with Gasteiger partial charge in [-0.2, -0.15) is 0 Å². The average molecular weight is 231 g/mol. The monoisotopic (exact) mass is 231 g/mol. The second-order valence-electron chi connectivity index (χ2n) is 5.83. The van der Waals surface area contributed by atoms with E-state index in [1.165, 1.54) is 16.5 Å². The molecule has 1 nitrogen and oxygen atoms in total. The lowest BCUT2D eigenvalue weighted by molar-refractivity contribution is 0.868. The van der Waals surface area contributed by atoms with E-state index in [2.05, 4.69) is 68.2 Å². The fourth-order valence-corrected chi connectivity index (χ4v) is 3.53. The van der Waals surface area contributed by atoms with Crippen LogP contribution in [0.4, 0.5) is 0 Å². The van der Waals surface area contributed by atoms with Crippen molar-refractivity contribution >= 4 is 19.1 Å². The van der Waals surface area contributed by atoms with Crippen LogP contribution in [-0.4, -0.2) is 12.5 Å². The Morgan fingerprint density at radius 3 is 2.31 bits per heavy atom. The third kappa shape index (κ3) is 1.94. The summed E-state index contributed by atoms with van der Waals surface area (Å²) in [4.78, 5) is 0. The van der Waals surface area contributed by atoms with Gasteiger partial charge in [0.15, 0.2) is 8.24 Å². The topological polar surface area (TPSA) is 4.93 Å². The van der Waals surface area contributed by atoms with Crippen LogP contribution in [-0.2, 0) is 0 Å². The van der Waals surface area contributed by atoms with Crippen LogP contribution in [0.5, 0.6) is 0 Å². The van der Waals surface area contributed by atoms with E-state index in [0.717, 1.165) is 0 Å². The van der Waals surface area contributed by atoms with Crippen LogP contribution >= 0.6 is 0 Å². The predicted molar refractivity (Wildman–Crippen MR) is 74.8 cm³/mol. The van der Waals surface area contributed by atoms with Gasteiger partial charge in [-0.15, -0.1) is 0 Å². The molecule has 16 heavy (non-hydrogen) atoms. The van der Waals surface area contributed by atoms with E-state index in [-0.39, 0.29) is 0 Å². The van der Waals surface area contributed by atoms with Crippen LogP contribution in [0.2, 0.25) is 19.6 Å². The van der Waals surface area contributed by atoms with E-state index in [4.69, 9.17) is 0 Å². The van der Waals surface area contributed by atoms with Crippen molar-refractivity contribution < 1.29 is 0 Å². The van der Waals surface area contributed by atoms with Crippen molar-refractivity contribution in [3.8, 4) is 0 Å². The van der Waals surface area contributed by atoms with Crippen LogP contribution in [0.3, 0.4) is 0 Å². The van der Waals surface area contributed by atoms with E-state index in [0.29, 0.717) is 5.92 Å². The molecule has 0 radical (unpaired) electrons. The molecule has 2 heteroatoms. The van der Waals surface area contributed by atoms with Crippen molar-refractivity contribution in [1.29, 1.82) is 0 Å². The van der Waals surface area contributed by atoms with Crippen molar-refractivity contribution in [3.63, 3.8) is 0 Å². The highest BCUT2D eigenvalue weighted by Gasteiger charge is 2.18. The van der Waals surface area contributed by atoms with E-state index in [1.54, 1.807) is 0 Å². The van der Waals surface area contributed by atoms with Crippen molar-refractivity contribution in [2.75, 3.05) is 0 Å². The zero-order valence-corrected chi connectivity index (χ0v) is 11.9. The Morgan fingerprint density at radius 1 is 1.06 bits per heavy atom. The molecule has 0 bridgehead atoms. The molecule has 0 aliphatic rings. The molecule has 0 N–H and O–H groups in total. The van der Waals surface area contributed by atoms with Crippen LogP contribution in [0.1, 0.15) is 25.3 Å². The van der Waals surface area contributed by atoms with E-state index < -0.39 is 8.24 Å². The lowest BCUT2D eigenvalue weighted by Gasteiger charge is -2.20. The van der Waals surface area contributed by atoms with Crippen LogP contribution in [0, 0.1) is 0 Å². The zero-order valence-electron chi connectivity index (χ0n) is 10.9. The predicted octanol–water partition coefficient (Wildman–Crippen LogP) is 4.45. The van der Waals surface area contributed by atoms with Crippen molar-refractivity contribution in [2.45, 2.75) is 39.4 Å². The summed E-state index contributed by atoms with van der Waals surface area (Å²) in [6, 6.07) is 9.10. The fraction of sp³-hybridized carbons (Fsp3) is 0.429. The normalized spacial score (nSPS) is 12.6. The van der Waals surface area contributed by atoms with Gasteiger partial charge in [0, 0.05) is 5.52 Å². The van der Waals surface area contributed by atoms with Crippen LogP contribution < -0.4 is 0 Å². The quantitative estimate of drug-likeness (QED) is 0.673. The molecule has 0 spiro atoms. The summed E-state index contributed by atoms with van der Waals surface area (Å²) in [6.45, 7) is 11.7. The van der Waals surface area contributed by atoms with E-state index in [1.807, 2.05) is 0 Å². The SMILES string of the molecule is CC(C)c1ccc2ccn([Si](C)(C)C)c2c1. The van der Waals surface area contributed by atoms with Crippen molar-refractivity contribution in [1.82, 2.24) is 4.23 Å². The summed E-state index contributed by atoms with van der Waals surface area (Å²) in [5.74, 6) is 0.606. The van der Waals surface area contributed by atoms with Crippen molar-refractivity contribution in [2.24, 2.45) is 0 Å². The number of fused-ring (bicyclic) bond motifs is 1. The number of benzene rings is 1. The second kappa shape index (κ2) is 3.77. The summed E-state index contributed by atoms with van der Waals surface area (Å²) in [7, 11) is -1.29. The van der Waals surface area contributed by atoms with Gasteiger partial charge in [0.25, 0.3) is 0 Å². The second-order valence-corrected chi connectivity index (χ2v) is 10.7. The number of hydrogen-bond acceptors (Lipinski definition) is 0. The molecule has 0 aliphatic heterocycles. The summed E-state index contributed by atoms with van der Waals surface area (Å²) in [6.07, 6.45) is 2.25. The standard InChI is InChI=1S/C14H21NSi/c1-11(2)13-7-6-12-8-9-15(14(12)10-13)16(3,4)5/h6-11H,1-5H3. The van der Waals surface area contributed by atoms with Gasteiger partial charge >= 0.3 is 0 Å². The molecule has 1 heterocycles. The molecule has 0 aliphatic carbocycles. The van der Waals surface area contributed by atoms with Gasteiger partial charge in [-0.1, -0.05) is 45.6 Å². The maximum atomic E-state index is 2.49. The van der Waals surface area contributed by atoms with E-state index in [9.17, 15) is 0 Å². The first kappa shape index (κ1) is 11.5. The molecule has 0 saturated heterocycles.